The van der Waals surface area contributed by atoms with Crippen LogP contribution in [-0.2, 0) is 0 Å². The highest BCUT2D eigenvalue weighted by Crippen LogP contribution is 2.45. The van der Waals surface area contributed by atoms with E-state index in [1.54, 1.807) is 0 Å². The molecule has 0 N–H and O–H groups in total. The highest BCUT2D eigenvalue weighted by Gasteiger charge is 2.21. The van der Waals surface area contributed by atoms with Gasteiger partial charge < -0.3 is 9.13 Å². The lowest BCUT2D eigenvalue weighted by atomic mass is 10.1. The Morgan fingerprint density at radius 3 is 1.94 bits per heavy atom. The summed E-state index contributed by atoms with van der Waals surface area (Å²) < 4.78 is 9.68. The first kappa shape index (κ1) is 27.5. The predicted octanol–water partition coefficient (Wildman–Crippen LogP) is 12.1. The van der Waals surface area contributed by atoms with Crippen molar-refractivity contribution in [2.24, 2.45) is 0 Å². The molecule has 0 spiro atoms. The van der Waals surface area contributed by atoms with Crippen LogP contribution in [0.3, 0.4) is 0 Å². The van der Waals surface area contributed by atoms with Crippen molar-refractivity contribution in [3.8, 4) is 28.5 Å². The van der Waals surface area contributed by atoms with Gasteiger partial charge in [-0.2, -0.15) is 0 Å². The van der Waals surface area contributed by atoms with Gasteiger partial charge in [-0.1, -0.05) is 78.9 Å². The van der Waals surface area contributed by atoms with E-state index in [1.165, 1.54) is 52.9 Å². The van der Waals surface area contributed by atoms with Crippen molar-refractivity contribution in [3.63, 3.8) is 0 Å². The molecule has 11 aromatic rings. The summed E-state index contributed by atoms with van der Waals surface area (Å²) >= 11 is 1.87. The Balaban J connectivity index is 1.21. The van der Waals surface area contributed by atoms with Crippen molar-refractivity contribution in [1.82, 2.24) is 18.7 Å². The van der Waals surface area contributed by atoms with Gasteiger partial charge in [0.1, 0.15) is 5.82 Å². The zero-order valence-corrected chi connectivity index (χ0v) is 27.7. The van der Waals surface area contributed by atoms with E-state index in [9.17, 15) is 0 Å². The van der Waals surface area contributed by atoms with Gasteiger partial charge >= 0.3 is 0 Å². The number of fused-ring (bicyclic) bond motifs is 10. The zero-order chi connectivity index (χ0) is 32.8. The molecule has 0 bridgehead atoms. The highest BCUT2D eigenvalue weighted by atomic mass is 32.1. The number of hydrogen-bond acceptors (Lipinski definition) is 2. The van der Waals surface area contributed by atoms with Gasteiger partial charge in [-0.15, -0.1) is 11.3 Å². The molecule has 234 valence electrons. The van der Waals surface area contributed by atoms with E-state index >= 15 is 0 Å². The summed E-state index contributed by atoms with van der Waals surface area (Å²) in [5.41, 5.74) is 10.2. The van der Waals surface area contributed by atoms with E-state index in [1.807, 2.05) is 11.3 Å². The number of rotatable bonds is 4. The Labute approximate surface area is 291 Å². The second-order valence-electron chi connectivity index (χ2n) is 12.8. The van der Waals surface area contributed by atoms with Gasteiger partial charge in [0.05, 0.1) is 27.6 Å². The first-order valence-electron chi connectivity index (χ1n) is 16.9. The highest BCUT2D eigenvalue weighted by molar-refractivity contribution is 7.26. The lowest BCUT2D eigenvalue weighted by Gasteiger charge is -2.13. The third-order valence-electron chi connectivity index (χ3n) is 10.1. The van der Waals surface area contributed by atoms with Gasteiger partial charge in [0.25, 0.3) is 0 Å². The molecular weight excluding hydrogens is 629 g/mol. The number of nitrogens with zero attached hydrogens (tertiary/aromatic N) is 4. The molecule has 0 saturated heterocycles. The van der Waals surface area contributed by atoms with Crippen molar-refractivity contribution in [2.45, 2.75) is 0 Å². The van der Waals surface area contributed by atoms with E-state index in [2.05, 4.69) is 184 Å². The number of aromatic nitrogens is 4. The van der Waals surface area contributed by atoms with Gasteiger partial charge in [0.2, 0.25) is 0 Å². The Morgan fingerprint density at radius 2 is 1.10 bits per heavy atom. The predicted molar refractivity (Wildman–Crippen MR) is 211 cm³/mol. The number of hydrogen-bond donors (Lipinski definition) is 0. The normalized spacial score (nSPS) is 12.0. The molecule has 0 fully saturated rings. The average molecular weight is 657 g/mol. The molecule has 0 radical (unpaired) electrons. The number of para-hydroxylation sites is 4. The van der Waals surface area contributed by atoms with Crippen LogP contribution in [0.4, 0.5) is 0 Å². The number of thiophene rings is 1. The summed E-state index contributed by atoms with van der Waals surface area (Å²) in [6.07, 6.45) is 2.20. The lowest BCUT2D eigenvalue weighted by Crippen LogP contribution is -1.98. The number of imidazole rings is 1. The Morgan fingerprint density at radius 1 is 0.420 bits per heavy atom. The third kappa shape index (κ3) is 3.89. The molecule has 0 aliphatic rings. The SMILES string of the molecule is c1ccc(-n2ccc3c2ccc2c4ccc5sc6ccccc6c5c4n(-c4ccc(-c5nc6ccccc6n5-c5ccccc5)cc4)c23)cc1. The minimum Gasteiger partial charge on any atom is -0.316 e. The fraction of sp³-hybridized carbons (Fsp3) is 0. The van der Waals surface area contributed by atoms with Crippen LogP contribution in [-0.4, -0.2) is 18.7 Å². The van der Waals surface area contributed by atoms with Crippen LogP contribution >= 0.6 is 11.3 Å². The van der Waals surface area contributed by atoms with Crippen LogP contribution in [0.2, 0.25) is 0 Å². The van der Waals surface area contributed by atoms with Crippen molar-refractivity contribution >= 4 is 75.3 Å². The second-order valence-corrected chi connectivity index (χ2v) is 13.9. The summed E-state index contributed by atoms with van der Waals surface area (Å²) in [5.74, 6) is 0.930. The maximum absolute atomic E-state index is 5.15. The quantitative estimate of drug-likeness (QED) is 0.185. The minimum absolute atomic E-state index is 0.930. The number of benzene rings is 7. The van der Waals surface area contributed by atoms with Crippen LogP contribution in [0.15, 0.2) is 170 Å². The maximum atomic E-state index is 5.15. The molecule has 0 aliphatic carbocycles. The van der Waals surface area contributed by atoms with Crippen molar-refractivity contribution in [3.05, 3.63) is 170 Å². The molecule has 0 aliphatic heterocycles. The average Bonchev–Trinajstić information content (AvgIpc) is 3.95. The molecule has 11 rings (SSSR count). The van der Waals surface area contributed by atoms with E-state index in [4.69, 9.17) is 4.98 Å². The van der Waals surface area contributed by atoms with Gasteiger partial charge in [-0.3, -0.25) is 4.57 Å². The largest absolute Gasteiger partial charge is 0.316 e. The van der Waals surface area contributed by atoms with Crippen LogP contribution in [0.5, 0.6) is 0 Å². The maximum Gasteiger partial charge on any atom is 0.145 e. The molecule has 4 heterocycles. The molecule has 4 aromatic heterocycles. The summed E-state index contributed by atoms with van der Waals surface area (Å²) in [5, 5.41) is 6.36. The van der Waals surface area contributed by atoms with E-state index in [0.29, 0.717) is 0 Å². The summed E-state index contributed by atoms with van der Waals surface area (Å²) in [7, 11) is 0. The minimum atomic E-state index is 0.930. The van der Waals surface area contributed by atoms with Crippen LogP contribution in [0.25, 0.3) is 92.4 Å². The van der Waals surface area contributed by atoms with Crippen molar-refractivity contribution in [1.29, 1.82) is 0 Å². The molecule has 0 unspecified atom stereocenters. The molecule has 50 heavy (non-hydrogen) atoms. The summed E-state index contributed by atoms with van der Waals surface area (Å²) in [6, 6.07) is 58.8. The monoisotopic (exact) mass is 656 g/mol. The summed E-state index contributed by atoms with van der Waals surface area (Å²) in [4.78, 5) is 5.15. The smallest absolute Gasteiger partial charge is 0.145 e. The molecule has 0 atom stereocenters. The molecular formula is C45H28N4S. The fourth-order valence-corrected chi connectivity index (χ4v) is 9.02. The third-order valence-corrected chi connectivity index (χ3v) is 11.2. The first-order chi connectivity index (χ1) is 24.8. The lowest BCUT2D eigenvalue weighted by molar-refractivity contribution is 1.10. The van der Waals surface area contributed by atoms with Crippen LogP contribution < -0.4 is 0 Å². The Hall–Kier alpha value is -6.43. The van der Waals surface area contributed by atoms with Gasteiger partial charge in [0.15, 0.2) is 0 Å². The molecule has 5 heteroatoms. The standard InChI is InChI=1S/C45H28N4S/c1-3-11-30(12-4-1)47-28-27-35-38(47)25-23-33-34-24-26-41-42(36-15-7-10-18-40(36)50-41)44(34)49(43(33)35)32-21-19-29(20-22-32)45-46-37-16-8-9-17-39(37)48(45)31-13-5-2-6-14-31/h1-28H. The van der Waals surface area contributed by atoms with Crippen LogP contribution in [0.1, 0.15) is 0 Å². The Bertz CT molecular complexity index is 3070. The molecule has 0 amide bonds. The van der Waals surface area contributed by atoms with Crippen molar-refractivity contribution in [2.75, 3.05) is 0 Å². The van der Waals surface area contributed by atoms with Crippen molar-refractivity contribution < 1.29 is 0 Å². The molecule has 7 aromatic carbocycles. The first-order valence-corrected chi connectivity index (χ1v) is 17.7. The van der Waals surface area contributed by atoms with E-state index in [0.717, 1.165) is 39.5 Å². The topological polar surface area (TPSA) is 27.7 Å². The zero-order valence-electron chi connectivity index (χ0n) is 26.9. The van der Waals surface area contributed by atoms with E-state index in [-0.39, 0.29) is 0 Å². The molecule has 0 saturated carbocycles. The second kappa shape index (κ2) is 10.5. The van der Waals surface area contributed by atoms with Gasteiger partial charge in [0, 0.05) is 65.2 Å². The van der Waals surface area contributed by atoms with Gasteiger partial charge in [-0.05, 0) is 84.9 Å². The fourth-order valence-electron chi connectivity index (χ4n) is 7.91. The van der Waals surface area contributed by atoms with Crippen LogP contribution in [0, 0.1) is 0 Å². The Kier molecular flexibility index (Phi) is 5.80. The van der Waals surface area contributed by atoms with E-state index < -0.39 is 0 Å². The molecule has 4 nitrogen and oxygen atoms in total. The van der Waals surface area contributed by atoms with Gasteiger partial charge in [-0.25, -0.2) is 4.98 Å². The summed E-state index contributed by atoms with van der Waals surface area (Å²) in [6.45, 7) is 0.